The topological polar surface area (TPSA) is 28.2 Å². The summed E-state index contributed by atoms with van der Waals surface area (Å²) in [4.78, 5) is 7.30. The van der Waals surface area contributed by atoms with Gasteiger partial charge in [-0.25, -0.2) is 4.98 Å². The Balaban J connectivity index is 1.89. The molecule has 1 aromatic heterocycles. The molecule has 1 aliphatic carbocycles. The van der Waals surface area contributed by atoms with Crippen LogP contribution in [0.5, 0.6) is 0 Å². The summed E-state index contributed by atoms with van der Waals surface area (Å²) in [7, 11) is 0. The summed E-state index contributed by atoms with van der Waals surface area (Å²) in [5.41, 5.74) is 1.20. The van der Waals surface area contributed by atoms with Crippen molar-refractivity contribution in [3.8, 4) is 0 Å². The lowest BCUT2D eigenvalue weighted by atomic mass is 10.3. The molecule has 2 rings (SSSR count). The lowest BCUT2D eigenvalue weighted by Gasteiger charge is -2.20. The fourth-order valence-corrected chi connectivity index (χ4v) is 2.97. The zero-order chi connectivity index (χ0) is 12.8. The van der Waals surface area contributed by atoms with Crippen LogP contribution in [0.25, 0.3) is 0 Å². The Bertz CT molecular complexity index is 347. The van der Waals surface area contributed by atoms with Gasteiger partial charge in [0.1, 0.15) is 0 Å². The summed E-state index contributed by atoms with van der Waals surface area (Å²) in [5.74, 6) is 0. The molecule has 1 saturated carbocycles. The number of nitrogens with one attached hydrogen (secondary N) is 1. The highest BCUT2D eigenvalue weighted by molar-refractivity contribution is 7.13. The van der Waals surface area contributed by atoms with Crippen molar-refractivity contribution >= 4 is 16.5 Å². The van der Waals surface area contributed by atoms with Gasteiger partial charge < -0.3 is 10.2 Å². The van der Waals surface area contributed by atoms with E-state index >= 15 is 0 Å². The van der Waals surface area contributed by atoms with Crippen molar-refractivity contribution in [2.24, 2.45) is 0 Å². The predicted molar refractivity (Wildman–Crippen MR) is 79.4 cm³/mol. The Morgan fingerprint density at radius 2 is 2.22 bits per heavy atom. The van der Waals surface area contributed by atoms with Gasteiger partial charge in [0.15, 0.2) is 5.13 Å². The number of hydrogen-bond acceptors (Lipinski definition) is 4. The third kappa shape index (κ3) is 3.95. The second kappa shape index (κ2) is 7.10. The number of hydrogen-bond donors (Lipinski definition) is 1. The maximum atomic E-state index is 4.78. The monoisotopic (exact) mass is 267 g/mol. The highest BCUT2D eigenvalue weighted by atomic mass is 32.1. The van der Waals surface area contributed by atoms with Crippen LogP contribution in [0.2, 0.25) is 0 Å². The summed E-state index contributed by atoms with van der Waals surface area (Å²) in [6.45, 7) is 7.62. The van der Waals surface area contributed by atoms with Crippen molar-refractivity contribution < 1.29 is 0 Å². The van der Waals surface area contributed by atoms with Crippen LogP contribution in [0.4, 0.5) is 5.13 Å². The van der Waals surface area contributed by atoms with Crippen molar-refractivity contribution in [2.45, 2.75) is 58.5 Å². The largest absolute Gasteiger partial charge is 0.345 e. The van der Waals surface area contributed by atoms with Gasteiger partial charge in [-0.1, -0.05) is 20.3 Å². The first-order chi connectivity index (χ1) is 8.85. The van der Waals surface area contributed by atoms with Crippen molar-refractivity contribution in [3.05, 3.63) is 11.1 Å². The molecule has 0 radical (unpaired) electrons. The summed E-state index contributed by atoms with van der Waals surface area (Å²) in [5, 5.41) is 6.86. The number of unbranched alkanes of at least 4 members (excludes halogenated alkanes) is 1. The smallest absolute Gasteiger partial charge is 0.185 e. The van der Waals surface area contributed by atoms with Crippen LogP contribution < -0.4 is 10.2 Å². The molecule has 3 nitrogen and oxygen atoms in total. The first kappa shape index (κ1) is 13.8. The van der Waals surface area contributed by atoms with Gasteiger partial charge in [-0.15, -0.1) is 11.3 Å². The van der Waals surface area contributed by atoms with E-state index in [1.54, 1.807) is 0 Å². The molecule has 1 N–H and O–H groups in total. The molecule has 1 heterocycles. The molecule has 0 aromatic carbocycles. The van der Waals surface area contributed by atoms with E-state index in [0.717, 1.165) is 19.1 Å². The normalized spacial score (nSPS) is 15.0. The SMILES string of the molecule is CCCCN(c1nc(CNCCC)cs1)C1CC1. The van der Waals surface area contributed by atoms with E-state index in [0.29, 0.717) is 0 Å². The number of thiazole rings is 1. The van der Waals surface area contributed by atoms with Gasteiger partial charge in [-0.2, -0.15) is 0 Å². The van der Waals surface area contributed by atoms with E-state index in [2.05, 4.69) is 29.4 Å². The second-order valence-electron chi connectivity index (χ2n) is 5.08. The third-order valence-electron chi connectivity index (χ3n) is 3.26. The van der Waals surface area contributed by atoms with Crippen LogP contribution in [0.15, 0.2) is 5.38 Å². The summed E-state index contributed by atoms with van der Waals surface area (Å²) in [6.07, 6.45) is 6.43. The molecular formula is C14H25N3S. The minimum Gasteiger partial charge on any atom is -0.345 e. The minimum absolute atomic E-state index is 0.777. The van der Waals surface area contributed by atoms with Crippen LogP contribution in [-0.2, 0) is 6.54 Å². The Kier molecular flexibility index (Phi) is 5.45. The van der Waals surface area contributed by atoms with Gasteiger partial charge >= 0.3 is 0 Å². The molecule has 102 valence electrons. The van der Waals surface area contributed by atoms with Crippen LogP contribution in [0.1, 0.15) is 51.6 Å². The zero-order valence-corrected chi connectivity index (χ0v) is 12.4. The fourth-order valence-electron chi connectivity index (χ4n) is 2.05. The first-order valence-electron chi connectivity index (χ1n) is 7.27. The maximum Gasteiger partial charge on any atom is 0.185 e. The van der Waals surface area contributed by atoms with Gasteiger partial charge in [0.25, 0.3) is 0 Å². The minimum atomic E-state index is 0.777. The Morgan fingerprint density at radius 1 is 1.39 bits per heavy atom. The number of aromatic nitrogens is 1. The van der Waals surface area contributed by atoms with Crippen LogP contribution >= 0.6 is 11.3 Å². The molecule has 0 amide bonds. The fraction of sp³-hybridized carbons (Fsp3) is 0.786. The summed E-state index contributed by atoms with van der Waals surface area (Å²) < 4.78 is 0. The number of anilines is 1. The molecule has 0 aliphatic heterocycles. The molecule has 0 unspecified atom stereocenters. The molecule has 1 fully saturated rings. The Labute approximate surface area is 115 Å². The highest BCUT2D eigenvalue weighted by Crippen LogP contribution is 2.33. The molecule has 0 bridgehead atoms. The number of rotatable bonds is 9. The molecule has 0 saturated heterocycles. The highest BCUT2D eigenvalue weighted by Gasteiger charge is 2.30. The summed E-state index contributed by atoms with van der Waals surface area (Å²) >= 11 is 1.81. The summed E-state index contributed by atoms with van der Waals surface area (Å²) in [6, 6.07) is 0.777. The van der Waals surface area contributed by atoms with E-state index in [9.17, 15) is 0 Å². The first-order valence-corrected chi connectivity index (χ1v) is 8.14. The standard InChI is InChI=1S/C14H25N3S/c1-3-5-9-17(13-6-7-13)14-16-12(11-18-14)10-15-8-4-2/h11,13,15H,3-10H2,1-2H3. The second-order valence-corrected chi connectivity index (χ2v) is 5.91. The number of nitrogens with zero attached hydrogens (tertiary/aromatic N) is 2. The molecule has 1 aliphatic rings. The molecule has 0 atom stereocenters. The van der Waals surface area contributed by atoms with Crippen molar-refractivity contribution in [1.29, 1.82) is 0 Å². The van der Waals surface area contributed by atoms with E-state index in [4.69, 9.17) is 4.98 Å². The van der Waals surface area contributed by atoms with E-state index in [1.807, 2.05) is 11.3 Å². The third-order valence-corrected chi connectivity index (χ3v) is 4.18. The average molecular weight is 267 g/mol. The van der Waals surface area contributed by atoms with Crippen LogP contribution in [0.3, 0.4) is 0 Å². The molecule has 18 heavy (non-hydrogen) atoms. The van der Waals surface area contributed by atoms with Crippen molar-refractivity contribution in [3.63, 3.8) is 0 Å². The molecular weight excluding hydrogens is 242 g/mol. The van der Waals surface area contributed by atoms with E-state index in [-0.39, 0.29) is 0 Å². The predicted octanol–water partition coefficient (Wildman–Crippen LogP) is 3.41. The van der Waals surface area contributed by atoms with Crippen LogP contribution in [0, 0.1) is 0 Å². The van der Waals surface area contributed by atoms with E-state index in [1.165, 1.54) is 49.5 Å². The molecule has 0 spiro atoms. The molecule has 1 aromatic rings. The van der Waals surface area contributed by atoms with Crippen molar-refractivity contribution in [1.82, 2.24) is 10.3 Å². The van der Waals surface area contributed by atoms with Gasteiger partial charge in [-0.3, -0.25) is 0 Å². The quantitative estimate of drug-likeness (QED) is 0.695. The van der Waals surface area contributed by atoms with Gasteiger partial charge in [0.05, 0.1) is 5.69 Å². The van der Waals surface area contributed by atoms with Gasteiger partial charge in [0.2, 0.25) is 0 Å². The lowest BCUT2D eigenvalue weighted by molar-refractivity contribution is 0.663. The Hall–Kier alpha value is -0.610. The molecule has 4 heteroatoms. The Morgan fingerprint density at radius 3 is 2.89 bits per heavy atom. The van der Waals surface area contributed by atoms with Gasteiger partial charge in [0, 0.05) is 24.5 Å². The zero-order valence-electron chi connectivity index (χ0n) is 11.6. The average Bonchev–Trinajstić information content (AvgIpc) is 3.10. The lowest BCUT2D eigenvalue weighted by Crippen LogP contribution is -2.26. The maximum absolute atomic E-state index is 4.78. The van der Waals surface area contributed by atoms with Crippen LogP contribution in [-0.4, -0.2) is 24.1 Å². The van der Waals surface area contributed by atoms with Crippen molar-refractivity contribution in [2.75, 3.05) is 18.0 Å². The van der Waals surface area contributed by atoms with Gasteiger partial charge in [-0.05, 0) is 32.2 Å². The van der Waals surface area contributed by atoms with E-state index < -0.39 is 0 Å².